The van der Waals surface area contributed by atoms with Crippen molar-refractivity contribution in [3.63, 3.8) is 0 Å². The summed E-state index contributed by atoms with van der Waals surface area (Å²) in [7, 11) is 0. The number of aromatic carboxylic acids is 1. The monoisotopic (exact) mass is 284 g/mol. The Morgan fingerprint density at radius 3 is 2.68 bits per heavy atom. The van der Waals surface area contributed by atoms with Gasteiger partial charge in [-0.05, 0) is 24.3 Å². The van der Waals surface area contributed by atoms with E-state index in [2.05, 4.69) is 13.8 Å². The number of hydrogen-bond acceptors (Lipinski definition) is 4. The molecule has 19 heavy (non-hydrogen) atoms. The van der Waals surface area contributed by atoms with Crippen LogP contribution in [-0.4, -0.2) is 37.2 Å². The van der Waals surface area contributed by atoms with Crippen LogP contribution in [0.4, 0.5) is 0 Å². The summed E-state index contributed by atoms with van der Waals surface area (Å²) >= 11 is 1.39. The van der Waals surface area contributed by atoms with Crippen LogP contribution in [0.15, 0.2) is 23.1 Å². The van der Waals surface area contributed by atoms with Crippen molar-refractivity contribution in [1.29, 1.82) is 0 Å². The van der Waals surface area contributed by atoms with Crippen molar-refractivity contribution in [2.75, 3.05) is 26.1 Å². The van der Waals surface area contributed by atoms with Crippen LogP contribution in [0.25, 0.3) is 0 Å². The Bertz CT molecular complexity index is 418. The Morgan fingerprint density at radius 2 is 2.11 bits per heavy atom. The fourth-order valence-electron chi connectivity index (χ4n) is 1.54. The number of hydrogen-bond donors (Lipinski definition) is 1. The van der Waals surface area contributed by atoms with Crippen LogP contribution in [0.3, 0.4) is 0 Å². The first-order valence-electron chi connectivity index (χ1n) is 6.17. The molecule has 0 radical (unpaired) electrons. The Kier molecular flexibility index (Phi) is 6.73. The molecule has 0 aliphatic rings. The van der Waals surface area contributed by atoms with E-state index in [-0.39, 0.29) is 5.56 Å². The van der Waals surface area contributed by atoms with Crippen molar-refractivity contribution in [2.24, 2.45) is 5.92 Å². The van der Waals surface area contributed by atoms with E-state index in [1.54, 1.807) is 18.2 Å². The minimum absolute atomic E-state index is 0.221. The number of thioether (sulfide) groups is 1. The van der Waals surface area contributed by atoms with Gasteiger partial charge >= 0.3 is 5.97 Å². The van der Waals surface area contributed by atoms with E-state index >= 15 is 0 Å². The van der Waals surface area contributed by atoms with Crippen molar-refractivity contribution in [2.45, 2.75) is 18.7 Å². The molecule has 0 saturated heterocycles. The van der Waals surface area contributed by atoms with Crippen molar-refractivity contribution in [3.8, 4) is 5.75 Å². The minimum atomic E-state index is -0.969. The zero-order valence-electron chi connectivity index (χ0n) is 11.5. The van der Waals surface area contributed by atoms with E-state index in [9.17, 15) is 9.90 Å². The summed E-state index contributed by atoms with van der Waals surface area (Å²) in [5, 5.41) is 9.23. The van der Waals surface area contributed by atoms with Crippen LogP contribution >= 0.6 is 11.8 Å². The van der Waals surface area contributed by atoms with Crippen LogP contribution in [0.1, 0.15) is 24.2 Å². The minimum Gasteiger partial charge on any atom is -0.490 e. The maximum Gasteiger partial charge on any atom is 0.340 e. The van der Waals surface area contributed by atoms with E-state index in [0.717, 1.165) is 0 Å². The molecule has 0 atom stereocenters. The summed E-state index contributed by atoms with van der Waals surface area (Å²) in [4.78, 5) is 12.0. The topological polar surface area (TPSA) is 55.8 Å². The number of rotatable bonds is 8. The molecule has 0 bridgehead atoms. The normalized spacial score (nSPS) is 10.7. The Morgan fingerprint density at radius 1 is 1.37 bits per heavy atom. The fraction of sp³-hybridized carbons (Fsp3) is 0.500. The first kappa shape index (κ1) is 15.9. The second-order valence-corrected chi connectivity index (χ2v) is 5.30. The number of benzene rings is 1. The molecule has 0 fully saturated rings. The molecular formula is C14H20O4S. The van der Waals surface area contributed by atoms with Gasteiger partial charge in [0.25, 0.3) is 0 Å². The molecule has 4 nitrogen and oxygen atoms in total. The molecule has 0 saturated carbocycles. The zero-order valence-corrected chi connectivity index (χ0v) is 12.3. The fourth-order valence-corrected chi connectivity index (χ4v) is 2.15. The van der Waals surface area contributed by atoms with Crippen molar-refractivity contribution >= 4 is 17.7 Å². The van der Waals surface area contributed by atoms with Gasteiger partial charge < -0.3 is 14.6 Å². The lowest BCUT2D eigenvalue weighted by Gasteiger charge is -2.12. The molecule has 0 aliphatic heterocycles. The highest BCUT2D eigenvalue weighted by Gasteiger charge is 2.15. The average molecular weight is 284 g/mol. The van der Waals surface area contributed by atoms with Crippen LogP contribution < -0.4 is 4.74 Å². The van der Waals surface area contributed by atoms with Gasteiger partial charge in [-0.1, -0.05) is 19.9 Å². The first-order chi connectivity index (χ1) is 9.06. The Hall–Kier alpha value is -1.20. The third kappa shape index (κ3) is 5.12. The maximum atomic E-state index is 11.3. The summed E-state index contributed by atoms with van der Waals surface area (Å²) in [6.07, 6.45) is 1.84. The molecule has 0 aliphatic carbocycles. The van der Waals surface area contributed by atoms with Crippen LogP contribution in [0.5, 0.6) is 5.75 Å². The average Bonchev–Trinajstić information content (AvgIpc) is 2.37. The van der Waals surface area contributed by atoms with Gasteiger partial charge in [0, 0.05) is 11.5 Å². The lowest BCUT2D eigenvalue weighted by molar-refractivity contribution is 0.0673. The molecule has 1 N–H and O–H groups in total. The lowest BCUT2D eigenvalue weighted by Crippen LogP contribution is -2.12. The van der Waals surface area contributed by atoms with E-state index in [1.165, 1.54) is 11.8 Å². The highest BCUT2D eigenvalue weighted by atomic mass is 32.2. The highest BCUT2D eigenvalue weighted by molar-refractivity contribution is 7.98. The quantitative estimate of drug-likeness (QED) is 0.587. The van der Waals surface area contributed by atoms with Crippen molar-refractivity contribution < 1.29 is 19.4 Å². The predicted molar refractivity (Wildman–Crippen MR) is 76.3 cm³/mol. The number of carboxylic acids is 1. The van der Waals surface area contributed by atoms with Gasteiger partial charge in [-0.15, -0.1) is 11.8 Å². The smallest absolute Gasteiger partial charge is 0.340 e. The molecular weight excluding hydrogens is 264 g/mol. The summed E-state index contributed by atoms with van der Waals surface area (Å²) < 4.78 is 10.9. The molecule has 1 rings (SSSR count). The summed E-state index contributed by atoms with van der Waals surface area (Å²) in [5.41, 5.74) is 0.221. The molecule has 0 unspecified atom stereocenters. The third-order valence-electron chi connectivity index (χ3n) is 2.36. The predicted octanol–water partition coefficient (Wildman–Crippen LogP) is 3.16. The van der Waals surface area contributed by atoms with Crippen molar-refractivity contribution in [1.82, 2.24) is 0 Å². The highest BCUT2D eigenvalue weighted by Crippen LogP contribution is 2.28. The van der Waals surface area contributed by atoms with E-state index < -0.39 is 5.97 Å². The summed E-state index contributed by atoms with van der Waals surface area (Å²) in [5.74, 6) is -0.0926. The molecule has 0 spiro atoms. The molecule has 0 aromatic heterocycles. The molecule has 5 heteroatoms. The second-order valence-electron chi connectivity index (χ2n) is 4.46. The Labute approximate surface area is 118 Å². The molecule has 106 valence electrons. The zero-order chi connectivity index (χ0) is 14.3. The van der Waals surface area contributed by atoms with E-state index in [1.807, 2.05) is 6.26 Å². The van der Waals surface area contributed by atoms with Gasteiger partial charge in [-0.25, -0.2) is 4.79 Å². The van der Waals surface area contributed by atoms with E-state index in [4.69, 9.17) is 9.47 Å². The Balaban J connectivity index is 2.60. The SMILES string of the molecule is CSc1cccc(OCCOCC(C)C)c1C(=O)O. The van der Waals surface area contributed by atoms with Gasteiger partial charge in [0.1, 0.15) is 17.9 Å². The van der Waals surface area contributed by atoms with Crippen LogP contribution in [-0.2, 0) is 4.74 Å². The molecule has 0 heterocycles. The number of carboxylic acid groups (broad SMARTS) is 1. The lowest BCUT2D eigenvalue weighted by atomic mass is 10.2. The maximum absolute atomic E-state index is 11.3. The van der Waals surface area contributed by atoms with Crippen LogP contribution in [0.2, 0.25) is 0 Å². The summed E-state index contributed by atoms with van der Waals surface area (Å²) in [6.45, 7) is 5.64. The number of ether oxygens (including phenoxy) is 2. The molecule has 1 aromatic carbocycles. The van der Waals surface area contributed by atoms with Gasteiger partial charge in [-0.2, -0.15) is 0 Å². The molecule has 0 amide bonds. The van der Waals surface area contributed by atoms with Crippen LogP contribution in [0, 0.1) is 5.92 Å². The van der Waals surface area contributed by atoms with Gasteiger partial charge in [0.15, 0.2) is 0 Å². The largest absolute Gasteiger partial charge is 0.490 e. The van der Waals surface area contributed by atoms with Gasteiger partial charge in [0.05, 0.1) is 6.61 Å². The summed E-state index contributed by atoms with van der Waals surface area (Å²) in [6, 6.07) is 5.24. The van der Waals surface area contributed by atoms with Crippen molar-refractivity contribution in [3.05, 3.63) is 23.8 Å². The van der Waals surface area contributed by atoms with Gasteiger partial charge in [0.2, 0.25) is 0 Å². The number of carbonyl (C=O) groups is 1. The molecule has 1 aromatic rings. The third-order valence-corrected chi connectivity index (χ3v) is 3.14. The van der Waals surface area contributed by atoms with E-state index in [0.29, 0.717) is 36.4 Å². The standard InChI is InChI=1S/C14H20O4S/c1-10(2)9-17-7-8-18-11-5-4-6-12(19-3)13(11)14(15)16/h4-6,10H,7-9H2,1-3H3,(H,15,16). The second kappa shape index (κ2) is 8.07. The van der Waals surface area contributed by atoms with Gasteiger partial charge in [-0.3, -0.25) is 0 Å². The first-order valence-corrected chi connectivity index (χ1v) is 7.39.